The van der Waals surface area contributed by atoms with Crippen molar-refractivity contribution in [3.63, 3.8) is 0 Å². The highest BCUT2D eigenvalue weighted by Gasteiger charge is 2.20. The van der Waals surface area contributed by atoms with Crippen LogP contribution in [0.4, 0.5) is 0 Å². The van der Waals surface area contributed by atoms with E-state index in [0.29, 0.717) is 74.1 Å². The lowest BCUT2D eigenvalue weighted by molar-refractivity contribution is 0.00700. The molecule has 0 fully saturated rings. The highest BCUT2D eigenvalue weighted by molar-refractivity contribution is 7.12. The second-order valence-corrected chi connectivity index (χ2v) is 5.65. The molecule has 8 heteroatoms. The molecular weight excluding hydrogens is 312 g/mol. The molecular formula is C14H22O7S. The number of fused-ring (bicyclic) bond motifs is 1. The molecule has 126 valence electrons. The van der Waals surface area contributed by atoms with Gasteiger partial charge in [0.15, 0.2) is 11.5 Å². The predicted molar refractivity (Wildman–Crippen MR) is 79.6 cm³/mol. The average molecular weight is 334 g/mol. The first-order valence-electron chi connectivity index (χ1n) is 7.22. The molecule has 0 spiro atoms. The van der Waals surface area contributed by atoms with Crippen molar-refractivity contribution in [2.45, 2.75) is 13.2 Å². The highest BCUT2D eigenvalue weighted by Crippen LogP contribution is 2.42. The number of thiophene rings is 1. The lowest BCUT2D eigenvalue weighted by Crippen LogP contribution is -2.13. The van der Waals surface area contributed by atoms with E-state index in [-0.39, 0.29) is 13.2 Å². The van der Waals surface area contributed by atoms with Gasteiger partial charge < -0.3 is 33.9 Å². The summed E-state index contributed by atoms with van der Waals surface area (Å²) in [4.78, 5) is 1.26. The summed E-state index contributed by atoms with van der Waals surface area (Å²) in [5.74, 6) is 0.956. The van der Waals surface area contributed by atoms with Crippen LogP contribution in [0.25, 0.3) is 0 Å². The molecule has 1 aromatic rings. The number of hydrogen-bond acceptors (Lipinski definition) is 8. The molecule has 2 rings (SSSR count). The number of ether oxygens (including phenoxy) is 5. The second kappa shape index (κ2) is 9.98. The highest BCUT2D eigenvalue weighted by atomic mass is 32.1. The Bertz CT molecular complexity index is 399. The molecule has 1 aromatic heterocycles. The van der Waals surface area contributed by atoms with Gasteiger partial charge in [0.1, 0.15) is 13.2 Å². The Morgan fingerprint density at radius 1 is 0.636 bits per heavy atom. The van der Waals surface area contributed by atoms with Crippen LogP contribution in [-0.4, -0.2) is 63.1 Å². The number of aliphatic hydroxyl groups is 2. The Kier molecular flexibility index (Phi) is 7.92. The van der Waals surface area contributed by atoms with Gasteiger partial charge in [0, 0.05) is 0 Å². The van der Waals surface area contributed by atoms with Gasteiger partial charge in [0.25, 0.3) is 0 Å². The maximum Gasteiger partial charge on any atom is 0.177 e. The molecule has 0 aromatic carbocycles. The fourth-order valence-corrected chi connectivity index (χ4v) is 2.86. The quantitative estimate of drug-likeness (QED) is 0.817. The number of rotatable bonds is 2. The first kappa shape index (κ1) is 17.5. The maximum atomic E-state index is 9.43. The van der Waals surface area contributed by atoms with Crippen LogP contribution in [0.3, 0.4) is 0 Å². The van der Waals surface area contributed by atoms with Gasteiger partial charge in [0.05, 0.1) is 62.6 Å². The van der Waals surface area contributed by atoms with Gasteiger partial charge >= 0.3 is 0 Å². The number of hydrogen-bond donors (Lipinski definition) is 2. The fourth-order valence-electron chi connectivity index (χ4n) is 1.94. The predicted octanol–water partition coefficient (Wildman–Crippen LogP) is 0.554. The van der Waals surface area contributed by atoms with E-state index in [0.717, 1.165) is 0 Å². The van der Waals surface area contributed by atoms with E-state index >= 15 is 0 Å². The molecule has 0 saturated carbocycles. The van der Waals surface area contributed by atoms with Crippen molar-refractivity contribution in [3.05, 3.63) is 9.75 Å². The van der Waals surface area contributed by atoms with Gasteiger partial charge in [-0.3, -0.25) is 0 Å². The van der Waals surface area contributed by atoms with Crippen LogP contribution in [0.5, 0.6) is 11.5 Å². The Morgan fingerprint density at radius 2 is 1.00 bits per heavy atom. The van der Waals surface area contributed by atoms with Crippen molar-refractivity contribution in [2.24, 2.45) is 0 Å². The van der Waals surface area contributed by atoms with E-state index in [9.17, 15) is 10.2 Å². The third-order valence-electron chi connectivity index (χ3n) is 2.94. The maximum absolute atomic E-state index is 9.43. The van der Waals surface area contributed by atoms with Crippen LogP contribution < -0.4 is 9.47 Å². The standard InChI is InChI=1S/C14H22O7S/c15-9-11-13-14(12(10-16)22-11)21-8-6-19-4-2-17-1-3-18-5-7-20-13/h15-16H,1-10H2. The van der Waals surface area contributed by atoms with E-state index in [1.165, 1.54) is 11.3 Å². The first-order chi connectivity index (χ1) is 10.9. The van der Waals surface area contributed by atoms with Crippen molar-refractivity contribution >= 4 is 11.3 Å². The molecule has 22 heavy (non-hydrogen) atoms. The Morgan fingerprint density at radius 3 is 1.36 bits per heavy atom. The van der Waals surface area contributed by atoms with Crippen molar-refractivity contribution in [1.82, 2.24) is 0 Å². The minimum atomic E-state index is -0.165. The van der Waals surface area contributed by atoms with Crippen molar-refractivity contribution in [2.75, 3.05) is 52.9 Å². The van der Waals surface area contributed by atoms with Gasteiger partial charge in [-0.1, -0.05) is 0 Å². The van der Waals surface area contributed by atoms with Gasteiger partial charge in [-0.25, -0.2) is 0 Å². The minimum absolute atomic E-state index is 0.165. The Balaban J connectivity index is 2.06. The van der Waals surface area contributed by atoms with Gasteiger partial charge in [0.2, 0.25) is 0 Å². The smallest absolute Gasteiger partial charge is 0.177 e. The molecule has 0 aliphatic carbocycles. The topological polar surface area (TPSA) is 86.6 Å². The van der Waals surface area contributed by atoms with Crippen LogP contribution in [0.2, 0.25) is 0 Å². The van der Waals surface area contributed by atoms with E-state index in [2.05, 4.69) is 0 Å². The van der Waals surface area contributed by atoms with Crippen molar-refractivity contribution < 1.29 is 33.9 Å². The normalized spacial score (nSPS) is 18.5. The van der Waals surface area contributed by atoms with Gasteiger partial charge in [-0.15, -0.1) is 11.3 Å². The van der Waals surface area contributed by atoms with E-state index in [1.54, 1.807) is 0 Å². The SMILES string of the molecule is OCc1sc(CO)c2c1OCCOCCOCCOCCO2. The van der Waals surface area contributed by atoms with E-state index in [1.807, 2.05) is 0 Å². The van der Waals surface area contributed by atoms with Crippen LogP contribution in [-0.2, 0) is 27.4 Å². The molecule has 0 amide bonds. The second-order valence-electron chi connectivity index (χ2n) is 4.46. The first-order valence-corrected chi connectivity index (χ1v) is 8.03. The van der Waals surface area contributed by atoms with Crippen LogP contribution in [0.15, 0.2) is 0 Å². The molecule has 0 saturated heterocycles. The number of aliphatic hydroxyl groups excluding tert-OH is 2. The van der Waals surface area contributed by atoms with Gasteiger partial charge in [-0.05, 0) is 0 Å². The average Bonchev–Trinajstić information content (AvgIpc) is 2.87. The molecule has 7 nitrogen and oxygen atoms in total. The molecule has 2 heterocycles. The third-order valence-corrected chi connectivity index (χ3v) is 4.06. The Hall–Kier alpha value is -0.900. The monoisotopic (exact) mass is 334 g/mol. The molecule has 1 aliphatic heterocycles. The summed E-state index contributed by atoms with van der Waals surface area (Å²) in [5, 5.41) is 18.9. The molecule has 0 radical (unpaired) electrons. The molecule has 2 N–H and O–H groups in total. The molecule has 0 unspecified atom stereocenters. The molecule has 1 aliphatic rings. The third kappa shape index (κ3) is 5.08. The van der Waals surface area contributed by atoms with Crippen LogP contribution >= 0.6 is 11.3 Å². The molecule has 0 bridgehead atoms. The zero-order chi connectivity index (χ0) is 15.6. The molecule has 0 atom stereocenters. The lowest BCUT2D eigenvalue weighted by atomic mass is 10.3. The summed E-state index contributed by atoms with van der Waals surface area (Å²) in [6.45, 7) is 3.17. The van der Waals surface area contributed by atoms with E-state index < -0.39 is 0 Å². The summed E-state index contributed by atoms with van der Waals surface area (Å²) >= 11 is 1.28. The van der Waals surface area contributed by atoms with Crippen LogP contribution in [0, 0.1) is 0 Å². The minimum Gasteiger partial charge on any atom is -0.486 e. The summed E-state index contributed by atoms with van der Waals surface area (Å²) in [5.41, 5.74) is 0. The lowest BCUT2D eigenvalue weighted by Gasteiger charge is -2.11. The summed E-state index contributed by atoms with van der Waals surface area (Å²) < 4.78 is 27.5. The zero-order valence-corrected chi connectivity index (χ0v) is 13.2. The summed E-state index contributed by atoms with van der Waals surface area (Å²) in [6.07, 6.45) is 0. The van der Waals surface area contributed by atoms with Gasteiger partial charge in [-0.2, -0.15) is 0 Å². The summed E-state index contributed by atoms with van der Waals surface area (Å²) in [6, 6.07) is 0. The van der Waals surface area contributed by atoms with E-state index in [4.69, 9.17) is 23.7 Å². The van der Waals surface area contributed by atoms with Crippen molar-refractivity contribution in [1.29, 1.82) is 0 Å². The largest absolute Gasteiger partial charge is 0.486 e. The zero-order valence-electron chi connectivity index (χ0n) is 12.4. The van der Waals surface area contributed by atoms with Crippen molar-refractivity contribution in [3.8, 4) is 11.5 Å². The fraction of sp³-hybridized carbons (Fsp3) is 0.714. The van der Waals surface area contributed by atoms with Crippen LogP contribution in [0.1, 0.15) is 9.75 Å². The Labute approximate surface area is 133 Å². The summed E-state index contributed by atoms with van der Waals surface area (Å²) in [7, 11) is 0.